The molecule has 1 rings (SSSR count). The minimum Gasteiger partial charge on any atom is -0.383 e. The zero-order valence-electron chi connectivity index (χ0n) is 9.99. The maximum absolute atomic E-state index is 10.9. The van der Waals surface area contributed by atoms with E-state index in [9.17, 15) is 10.1 Å². The molecule has 5 nitrogen and oxygen atoms in total. The lowest BCUT2D eigenvalue weighted by molar-refractivity contribution is -0.384. The molecule has 6 heteroatoms. The van der Waals surface area contributed by atoms with Crippen LogP contribution in [0.5, 0.6) is 0 Å². The molecule has 0 aromatic heterocycles. The molecule has 0 heterocycles. The Morgan fingerprint density at radius 3 is 2.76 bits per heavy atom. The molecule has 0 aliphatic carbocycles. The van der Waals surface area contributed by atoms with Gasteiger partial charge in [0.2, 0.25) is 0 Å². The lowest BCUT2D eigenvalue weighted by atomic mass is 10.1. The molecular weight excluding hydrogens is 244 g/mol. The lowest BCUT2D eigenvalue weighted by Crippen LogP contribution is -2.22. The molecule has 17 heavy (non-hydrogen) atoms. The topological polar surface area (TPSA) is 64.4 Å². The third kappa shape index (κ3) is 3.31. The quantitative estimate of drug-likeness (QED) is 0.651. The standard InChI is InChI=1S/C11H15ClN2O3/c1-7(6-17-3)13-11-8(2)9(12)4-5-10(11)14(15)16/h4-5,7,13H,6H2,1-3H3. The van der Waals surface area contributed by atoms with E-state index in [1.165, 1.54) is 12.1 Å². The van der Waals surface area contributed by atoms with Crippen LogP contribution in [-0.2, 0) is 4.74 Å². The van der Waals surface area contributed by atoms with Crippen molar-refractivity contribution >= 4 is 23.0 Å². The number of hydrogen-bond donors (Lipinski definition) is 1. The Kier molecular flexibility index (Phi) is 4.72. The van der Waals surface area contributed by atoms with E-state index in [-0.39, 0.29) is 11.7 Å². The monoisotopic (exact) mass is 258 g/mol. The second-order valence-corrected chi connectivity index (χ2v) is 4.23. The van der Waals surface area contributed by atoms with Crippen LogP contribution in [0.4, 0.5) is 11.4 Å². The van der Waals surface area contributed by atoms with Gasteiger partial charge >= 0.3 is 0 Å². The zero-order valence-corrected chi connectivity index (χ0v) is 10.7. The predicted octanol–water partition coefficient (Wildman–Crippen LogP) is 3.00. The van der Waals surface area contributed by atoms with Gasteiger partial charge in [0, 0.05) is 24.2 Å². The van der Waals surface area contributed by atoms with E-state index in [0.717, 1.165) is 0 Å². The summed E-state index contributed by atoms with van der Waals surface area (Å²) in [4.78, 5) is 10.5. The number of ether oxygens (including phenoxy) is 1. The van der Waals surface area contributed by atoms with E-state index in [1.54, 1.807) is 14.0 Å². The number of methoxy groups -OCH3 is 1. The summed E-state index contributed by atoms with van der Waals surface area (Å²) in [7, 11) is 1.58. The number of hydrogen-bond acceptors (Lipinski definition) is 4. The van der Waals surface area contributed by atoms with Gasteiger partial charge in [0.05, 0.1) is 11.5 Å². The van der Waals surface area contributed by atoms with Crippen LogP contribution >= 0.6 is 11.6 Å². The molecule has 0 aliphatic rings. The van der Waals surface area contributed by atoms with Crippen molar-refractivity contribution in [3.8, 4) is 0 Å². The van der Waals surface area contributed by atoms with Gasteiger partial charge in [0.15, 0.2) is 0 Å². The molecule has 0 saturated heterocycles. The Hall–Kier alpha value is -1.33. The fraction of sp³-hybridized carbons (Fsp3) is 0.455. The molecule has 0 spiro atoms. The first-order chi connectivity index (χ1) is 7.97. The molecule has 1 N–H and O–H groups in total. The third-order valence-corrected chi connectivity index (χ3v) is 2.79. The van der Waals surface area contributed by atoms with Crippen LogP contribution in [0.25, 0.3) is 0 Å². The highest BCUT2D eigenvalue weighted by Crippen LogP contribution is 2.33. The maximum Gasteiger partial charge on any atom is 0.292 e. The number of nitro benzene ring substituents is 1. The highest BCUT2D eigenvalue weighted by Gasteiger charge is 2.19. The summed E-state index contributed by atoms with van der Waals surface area (Å²) >= 11 is 5.96. The van der Waals surface area contributed by atoms with Gasteiger partial charge < -0.3 is 10.1 Å². The van der Waals surface area contributed by atoms with E-state index in [4.69, 9.17) is 16.3 Å². The van der Waals surface area contributed by atoms with Crippen molar-refractivity contribution in [2.75, 3.05) is 19.0 Å². The van der Waals surface area contributed by atoms with Crippen molar-refractivity contribution in [2.24, 2.45) is 0 Å². The molecule has 1 unspecified atom stereocenters. The number of nitrogens with zero attached hydrogens (tertiary/aromatic N) is 1. The third-order valence-electron chi connectivity index (χ3n) is 2.38. The first-order valence-electron chi connectivity index (χ1n) is 5.16. The molecule has 0 bridgehead atoms. The highest BCUT2D eigenvalue weighted by atomic mass is 35.5. The lowest BCUT2D eigenvalue weighted by Gasteiger charge is -2.16. The summed E-state index contributed by atoms with van der Waals surface area (Å²) in [6, 6.07) is 2.90. The Morgan fingerprint density at radius 1 is 1.59 bits per heavy atom. The molecule has 1 aromatic carbocycles. The van der Waals surface area contributed by atoms with Crippen LogP contribution in [0.1, 0.15) is 12.5 Å². The Labute approximate surface area is 105 Å². The number of nitrogens with one attached hydrogen (secondary N) is 1. The van der Waals surface area contributed by atoms with E-state index < -0.39 is 4.92 Å². The molecule has 0 aliphatic heterocycles. The summed E-state index contributed by atoms with van der Waals surface area (Å²) in [5.41, 5.74) is 1.14. The average molecular weight is 259 g/mol. The summed E-state index contributed by atoms with van der Waals surface area (Å²) < 4.78 is 4.98. The van der Waals surface area contributed by atoms with E-state index in [2.05, 4.69) is 5.32 Å². The van der Waals surface area contributed by atoms with Gasteiger partial charge in [-0.3, -0.25) is 10.1 Å². The van der Waals surface area contributed by atoms with Crippen molar-refractivity contribution in [3.63, 3.8) is 0 Å². The summed E-state index contributed by atoms with van der Waals surface area (Å²) in [6.07, 6.45) is 0. The van der Waals surface area contributed by atoms with E-state index >= 15 is 0 Å². The summed E-state index contributed by atoms with van der Waals surface area (Å²) in [5, 5.41) is 14.5. The minimum atomic E-state index is -0.425. The first kappa shape index (κ1) is 13.7. The van der Waals surface area contributed by atoms with E-state index in [0.29, 0.717) is 22.9 Å². The van der Waals surface area contributed by atoms with Crippen molar-refractivity contribution in [2.45, 2.75) is 19.9 Å². The predicted molar refractivity (Wildman–Crippen MR) is 67.8 cm³/mol. The van der Waals surface area contributed by atoms with E-state index in [1.807, 2.05) is 6.92 Å². The van der Waals surface area contributed by atoms with Gasteiger partial charge in [0.25, 0.3) is 5.69 Å². The largest absolute Gasteiger partial charge is 0.383 e. The Balaban J connectivity index is 3.10. The highest BCUT2D eigenvalue weighted by molar-refractivity contribution is 6.31. The SMILES string of the molecule is COCC(C)Nc1c([N+](=O)[O-])ccc(Cl)c1C. The fourth-order valence-corrected chi connectivity index (χ4v) is 1.70. The number of halogens is 1. The van der Waals surface area contributed by atoms with Gasteiger partial charge in [-0.1, -0.05) is 11.6 Å². The number of nitro groups is 1. The molecular formula is C11H15ClN2O3. The van der Waals surface area contributed by atoms with Crippen molar-refractivity contribution in [1.29, 1.82) is 0 Å². The van der Waals surface area contributed by atoms with Gasteiger partial charge in [0.1, 0.15) is 5.69 Å². The molecule has 0 radical (unpaired) electrons. The Bertz CT molecular complexity index is 423. The minimum absolute atomic E-state index is 0.0230. The van der Waals surface area contributed by atoms with Crippen molar-refractivity contribution in [1.82, 2.24) is 0 Å². The van der Waals surface area contributed by atoms with Crippen LogP contribution in [0, 0.1) is 17.0 Å². The maximum atomic E-state index is 10.9. The second kappa shape index (κ2) is 5.84. The number of benzene rings is 1. The number of rotatable bonds is 5. The van der Waals surface area contributed by atoms with Crippen LogP contribution in [0.2, 0.25) is 5.02 Å². The summed E-state index contributed by atoms with van der Waals surface area (Å²) in [6.45, 7) is 4.09. The summed E-state index contributed by atoms with van der Waals surface area (Å²) in [5.74, 6) is 0. The molecule has 0 amide bonds. The normalized spacial score (nSPS) is 12.2. The number of anilines is 1. The molecule has 94 valence electrons. The van der Waals surface area contributed by atoms with Gasteiger partial charge in [-0.05, 0) is 25.5 Å². The van der Waals surface area contributed by atoms with Crippen LogP contribution in [0.3, 0.4) is 0 Å². The van der Waals surface area contributed by atoms with Crippen LogP contribution in [-0.4, -0.2) is 24.7 Å². The van der Waals surface area contributed by atoms with Gasteiger partial charge in [-0.2, -0.15) is 0 Å². The van der Waals surface area contributed by atoms with Crippen molar-refractivity contribution in [3.05, 3.63) is 32.8 Å². The zero-order chi connectivity index (χ0) is 13.0. The van der Waals surface area contributed by atoms with Crippen molar-refractivity contribution < 1.29 is 9.66 Å². The Morgan fingerprint density at radius 2 is 2.24 bits per heavy atom. The molecule has 1 aromatic rings. The smallest absolute Gasteiger partial charge is 0.292 e. The van der Waals surface area contributed by atoms with Gasteiger partial charge in [-0.25, -0.2) is 0 Å². The van der Waals surface area contributed by atoms with Crippen LogP contribution in [0.15, 0.2) is 12.1 Å². The molecule has 1 atom stereocenters. The molecule has 0 fully saturated rings. The second-order valence-electron chi connectivity index (χ2n) is 3.82. The van der Waals surface area contributed by atoms with Crippen LogP contribution < -0.4 is 5.32 Å². The fourth-order valence-electron chi connectivity index (χ4n) is 1.54. The molecule has 0 saturated carbocycles. The average Bonchev–Trinajstić information content (AvgIpc) is 2.25. The first-order valence-corrected chi connectivity index (χ1v) is 5.54. The van der Waals surface area contributed by atoms with Gasteiger partial charge in [-0.15, -0.1) is 0 Å².